The Balaban J connectivity index is -0.000000405. The van der Waals surface area contributed by atoms with E-state index in [1.807, 2.05) is 0 Å². The summed E-state index contributed by atoms with van der Waals surface area (Å²) < 4.78 is 0. The molecule has 0 aliphatic heterocycles. The first-order valence-electron chi connectivity index (χ1n) is 2.98. The van der Waals surface area contributed by atoms with Gasteiger partial charge in [-0.25, -0.2) is 0 Å². The summed E-state index contributed by atoms with van der Waals surface area (Å²) in [5.74, 6) is -3.59. The minimum atomic E-state index is -1.35. The summed E-state index contributed by atoms with van der Waals surface area (Å²) in [6, 6.07) is 0. The molecule has 0 aromatic carbocycles. The maximum atomic E-state index is 10.1. The van der Waals surface area contributed by atoms with Gasteiger partial charge in [0.05, 0.1) is 0 Å². The van der Waals surface area contributed by atoms with Crippen molar-refractivity contribution in [1.82, 2.24) is 0 Å². The number of carboxylic acid groups (broad SMARTS) is 2. The van der Waals surface area contributed by atoms with E-state index in [1.165, 1.54) is 0 Å². The molecule has 6 heteroatoms. The molecule has 0 aromatic rings. The number of aliphatic carboxylic acids is 2. The number of carbonyl (C=O) groups excluding carboxylic acids is 2. The van der Waals surface area contributed by atoms with Crippen LogP contribution in [0.5, 0.6) is 0 Å². The van der Waals surface area contributed by atoms with Crippen molar-refractivity contribution in [3.63, 3.8) is 0 Å². The Kier molecular flexibility index (Phi) is 15.6. The van der Waals surface area contributed by atoms with Crippen LogP contribution in [0.2, 0.25) is 0 Å². The quantitative estimate of drug-likeness (QED) is 0.412. The minimum absolute atomic E-state index is 0. The number of carboxylic acids is 2. The number of hydrogen-bond donors (Lipinski definition) is 0. The Morgan fingerprint density at radius 1 is 1.25 bits per heavy atom. The summed E-state index contributed by atoms with van der Waals surface area (Å²) in [4.78, 5) is 19.9. The molecule has 58 valence electrons. The average molecular weight is 190 g/mol. The van der Waals surface area contributed by atoms with Crippen molar-refractivity contribution >= 4 is 11.9 Å². The van der Waals surface area contributed by atoms with Crippen LogP contribution in [-0.2, 0) is 9.59 Å². The predicted molar refractivity (Wildman–Crippen MR) is 28.4 cm³/mol. The van der Waals surface area contributed by atoms with Crippen LogP contribution in [-0.4, -0.2) is 11.9 Å². The van der Waals surface area contributed by atoms with Crippen molar-refractivity contribution in [3.05, 3.63) is 0 Å². The van der Waals surface area contributed by atoms with Crippen LogP contribution in [0.3, 0.4) is 0 Å². The molecule has 0 saturated carbocycles. The molecule has 0 unspecified atom stereocenters. The van der Waals surface area contributed by atoms with Crippen molar-refractivity contribution in [2.45, 2.75) is 19.8 Å². The molecule has 0 amide bonds. The molecule has 0 heterocycles. The molecule has 0 rings (SSSR count). The van der Waals surface area contributed by atoms with Crippen molar-refractivity contribution < 1.29 is 78.9 Å². The first-order chi connectivity index (χ1) is 4.57. The maximum absolute atomic E-state index is 10.1. The van der Waals surface area contributed by atoms with Crippen LogP contribution in [0.1, 0.15) is 19.8 Å². The van der Waals surface area contributed by atoms with Gasteiger partial charge >= 0.3 is 59.1 Å². The molecule has 0 spiro atoms. The van der Waals surface area contributed by atoms with E-state index in [2.05, 4.69) is 0 Å². The SMILES string of the molecule is CC[C@@H](CC(=O)[O-])C(=O)[O-].[Na+].[Na+]. The topological polar surface area (TPSA) is 80.3 Å². The molecule has 12 heavy (non-hydrogen) atoms. The van der Waals surface area contributed by atoms with Crippen molar-refractivity contribution in [1.29, 1.82) is 0 Å². The van der Waals surface area contributed by atoms with Crippen molar-refractivity contribution in [3.8, 4) is 0 Å². The molecule has 1 atom stereocenters. The maximum Gasteiger partial charge on any atom is 1.00 e. The first-order valence-corrected chi connectivity index (χ1v) is 2.98. The van der Waals surface area contributed by atoms with E-state index in [9.17, 15) is 19.8 Å². The standard InChI is InChI=1S/C6H10O4.2Na/c1-2-4(6(9)10)3-5(7)8;;/h4H,2-3H2,1H3,(H,7,8)(H,9,10);;/q;2*+1/p-2/t4-;;/m0../s1. The van der Waals surface area contributed by atoms with E-state index < -0.39 is 24.3 Å². The van der Waals surface area contributed by atoms with Crippen LogP contribution in [0, 0.1) is 5.92 Å². The van der Waals surface area contributed by atoms with E-state index in [1.54, 1.807) is 6.92 Å². The number of carbonyl (C=O) groups is 2. The van der Waals surface area contributed by atoms with Gasteiger partial charge < -0.3 is 19.8 Å². The van der Waals surface area contributed by atoms with Gasteiger partial charge in [-0.1, -0.05) is 6.92 Å². The zero-order chi connectivity index (χ0) is 8.15. The smallest absolute Gasteiger partial charge is 0.550 e. The second-order valence-electron chi connectivity index (χ2n) is 2.00. The summed E-state index contributed by atoms with van der Waals surface area (Å²) in [6.45, 7) is 1.59. The minimum Gasteiger partial charge on any atom is -0.550 e. The molecule has 0 aromatic heterocycles. The second kappa shape index (κ2) is 10.0. The monoisotopic (exact) mass is 190 g/mol. The van der Waals surface area contributed by atoms with Crippen molar-refractivity contribution in [2.75, 3.05) is 0 Å². The van der Waals surface area contributed by atoms with Gasteiger partial charge in [-0.15, -0.1) is 0 Å². The van der Waals surface area contributed by atoms with Gasteiger partial charge in [-0.3, -0.25) is 0 Å². The summed E-state index contributed by atoms with van der Waals surface area (Å²) in [5, 5.41) is 19.9. The van der Waals surface area contributed by atoms with Gasteiger partial charge in [-0.2, -0.15) is 0 Å². The Bertz CT molecular complexity index is 148. The Hall–Kier alpha value is 0.940. The van der Waals surface area contributed by atoms with E-state index in [-0.39, 0.29) is 65.5 Å². The fourth-order valence-electron chi connectivity index (χ4n) is 0.596. The third kappa shape index (κ3) is 9.03. The van der Waals surface area contributed by atoms with Gasteiger partial charge in [-0.05, 0) is 12.8 Å². The van der Waals surface area contributed by atoms with Gasteiger partial charge in [0, 0.05) is 17.9 Å². The van der Waals surface area contributed by atoms with Crippen LogP contribution in [0.4, 0.5) is 0 Å². The first kappa shape index (κ1) is 18.7. The molecule has 0 fully saturated rings. The fourth-order valence-corrected chi connectivity index (χ4v) is 0.596. The number of rotatable bonds is 4. The average Bonchev–Trinajstić information content (AvgIpc) is 1.81. The third-order valence-corrected chi connectivity index (χ3v) is 1.24. The summed E-state index contributed by atoms with van der Waals surface area (Å²) >= 11 is 0. The molecule has 0 N–H and O–H groups in total. The van der Waals surface area contributed by atoms with Crippen LogP contribution in [0.25, 0.3) is 0 Å². The van der Waals surface area contributed by atoms with E-state index in [0.717, 1.165) is 0 Å². The van der Waals surface area contributed by atoms with Crippen LogP contribution >= 0.6 is 0 Å². The van der Waals surface area contributed by atoms with Gasteiger partial charge in [0.1, 0.15) is 0 Å². The molecular weight excluding hydrogens is 182 g/mol. The van der Waals surface area contributed by atoms with Gasteiger partial charge in [0.2, 0.25) is 0 Å². The normalized spacial score (nSPS) is 10.4. The van der Waals surface area contributed by atoms with E-state index in [4.69, 9.17) is 0 Å². The number of hydrogen-bond acceptors (Lipinski definition) is 4. The molecular formula is C6H8Na2O4. The molecule has 0 aliphatic rings. The Morgan fingerprint density at radius 2 is 1.67 bits per heavy atom. The fraction of sp³-hybridized carbons (Fsp3) is 0.667. The molecule has 0 bridgehead atoms. The zero-order valence-electron chi connectivity index (χ0n) is 7.62. The molecule has 0 saturated heterocycles. The molecule has 0 radical (unpaired) electrons. The Morgan fingerprint density at radius 3 is 1.75 bits per heavy atom. The van der Waals surface area contributed by atoms with E-state index >= 15 is 0 Å². The zero-order valence-corrected chi connectivity index (χ0v) is 11.6. The van der Waals surface area contributed by atoms with Crippen LogP contribution < -0.4 is 69.3 Å². The summed E-state index contributed by atoms with van der Waals surface area (Å²) in [7, 11) is 0. The van der Waals surface area contributed by atoms with Crippen molar-refractivity contribution in [2.24, 2.45) is 5.92 Å². The van der Waals surface area contributed by atoms with E-state index in [0.29, 0.717) is 0 Å². The predicted octanol–water partition coefficient (Wildman–Crippen LogP) is -8.09. The van der Waals surface area contributed by atoms with Gasteiger partial charge in [0.15, 0.2) is 0 Å². The molecule has 4 nitrogen and oxygen atoms in total. The van der Waals surface area contributed by atoms with Crippen LogP contribution in [0.15, 0.2) is 0 Å². The third-order valence-electron chi connectivity index (χ3n) is 1.24. The second-order valence-corrected chi connectivity index (χ2v) is 2.00. The summed E-state index contributed by atoms with van der Waals surface area (Å²) in [6.07, 6.45) is -0.199. The summed E-state index contributed by atoms with van der Waals surface area (Å²) in [5.41, 5.74) is 0. The molecule has 0 aliphatic carbocycles. The van der Waals surface area contributed by atoms with Gasteiger partial charge in [0.25, 0.3) is 0 Å². The Labute approximate surface area is 115 Å². The largest absolute Gasteiger partial charge is 1.00 e.